The van der Waals surface area contributed by atoms with E-state index in [2.05, 4.69) is 20.9 Å². The van der Waals surface area contributed by atoms with Crippen LogP contribution >= 0.6 is 0 Å². The summed E-state index contributed by atoms with van der Waals surface area (Å²) < 4.78 is 0. The van der Waals surface area contributed by atoms with Crippen LogP contribution in [-0.2, 0) is 4.79 Å². The standard InChI is InChI=1S/C15H18N4O2/c1-10(20)17-7-8-18-15(21)12-9-14(16-2)19-13-6-4-3-5-11(12)13/h3-6,9H,7-8H2,1-2H3,(H,16,19)(H,17,20)(H,18,21). The van der Waals surface area contributed by atoms with Crippen LogP contribution < -0.4 is 16.0 Å². The molecule has 110 valence electrons. The van der Waals surface area contributed by atoms with Gasteiger partial charge in [0.1, 0.15) is 5.82 Å². The molecule has 21 heavy (non-hydrogen) atoms. The highest BCUT2D eigenvalue weighted by Crippen LogP contribution is 2.20. The minimum Gasteiger partial charge on any atom is -0.373 e. The number of hydrogen-bond acceptors (Lipinski definition) is 4. The Morgan fingerprint density at radius 3 is 2.57 bits per heavy atom. The summed E-state index contributed by atoms with van der Waals surface area (Å²) in [6.45, 7) is 2.23. The van der Waals surface area contributed by atoms with Crippen molar-refractivity contribution in [3.63, 3.8) is 0 Å². The molecule has 0 aliphatic rings. The third-order valence-electron chi connectivity index (χ3n) is 3.00. The van der Waals surface area contributed by atoms with Gasteiger partial charge in [0.15, 0.2) is 0 Å². The molecule has 0 unspecified atom stereocenters. The number of pyridine rings is 1. The highest BCUT2D eigenvalue weighted by Gasteiger charge is 2.12. The highest BCUT2D eigenvalue weighted by atomic mass is 16.2. The summed E-state index contributed by atoms with van der Waals surface area (Å²) >= 11 is 0. The topological polar surface area (TPSA) is 83.1 Å². The second-order valence-electron chi connectivity index (χ2n) is 4.56. The van der Waals surface area contributed by atoms with E-state index in [1.807, 2.05) is 24.3 Å². The first-order valence-electron chi connectivity index (χ1n) is 6.72. The van der Waals surface area contributed by atoms with Crippen molar-refractivity contribution in [1.82, 2.24) is 15.6 Å². The maximum Gasteiger partial charge on any atom is 0.252 e. The molecule has 0 fully saturated rings. The zero-order valence-electron chi connectivity index (χ0n) is 12.1. The van der Waals surface area contributed by atoms with Gasteiger partial charge in [-0.05, 0) is 12.1 Å². The van der Waals surface area contributed by atoms with Gasteiger partial charge < -0.3 is 16.0 Å². The van der Waals surface area contributed by atoms with Crippen molar-refractivity contribution < 1.29 is 9.59 Å². The third-order valence-corrected chi connectivity index (χ3v) is 3.00. The summed E-state index contributed by atoms with van der Waals surface area (Å²) in [5.41, 5.74) is 1.32. The number of hydrogen-bond donors (Lipinski definition) is 3. The van der Waals surface area contributed by atoms with E-state index < -0.39 is 0 Å². The Bertz CT molecular complexity index is 670. The largest absolute Gasteiger partial charge is 0.373 e. The third kappa shape index (κ3) is 3.68. The molecule has 6 heteroatoms. The smallest absolute Gasteiger partial charge is 0.252 e. The van der Waals surface area contributed by atoms with Gasteiger partial charge in [0, 0.05) is 32.4 Å². The van der Waals surface area contributed by atoms with Crippen molar-refractivity contribution in [1.29, 1.82) is 0 Å². The van der Waals surface area contributed by atoms with E-state index in [1.165, 1.54) is 6.92 Å². The first kappa shape index (κ1) is 14.8. The van der Waals surface area contributed by atoms with E-state index in [-0.39, 0.29) is 11.8 Å². The van der Waals surface area contributed by atoms with Crippen LogP contribution in [0.15, 0.2) is 30.3 Å². The van der Waals surface area contributed by atoms with Crippen molar-refractivity contribution in [3.05, 3.63) is 35.9 Å². The number of carbonyl (C=O) groups excluding carboxylic acids is 2. The monoisotopic (exact) mass is 286 g/mol. The van der Waals surface area contributed by atoms with E-state index in [4.69, 9.17) is 0 Å². The molecule has 0 aliphatic carbocycles. The molecular formula is C15H18N4O2. The molecule has 0 spiro atoms. The number of carbonyl (C=O) groups is 2. The molecule has 0 aliphatic heterocycles. The quantitative estimate of drug-likeness (QED) is 0.720. The van der Waals surface area contributed by atoms with Gasteiger partial charge >= 0.3 is 0 Å². The first-order valence-corrected chi connectivity index (χ1v) is 6.72. The Labute approximate surface area is 122 Å². The molecule has 0 saturated heterocycles. The van der Waals surface area contributed by atoms with Crippen LogP contribution in [0.3, 0.4) is 0 Å². The van der Waals surface area contributed by atoms with E-state index >= 15 is 0 Å². The fraction of sp³-hybridized carbons (Fsp3) is 0.267. The van der Waals surface area contributed by atoms with Crippen molar-refractivity contribution in [2.75, 3.05) is 25.5 Å². The number of nitrogens with one attached hydrogen (secondary N) is 3. The molecule has 1 aromatic heterocycles. The van der Waals surface area contributed by atoms with Gasteiger partial charge in [-0.2, -0.15) is 0 Å². The lowest BCUT2D eigenvalue weighted by atomic mass is 10.1. The van der Waals surface area contributed by atoms with Gasteiger partial charge in [0.25, 0.3) is 5.91 Å². The lowest BCUT2D eigenvalue weighted by Gasteiger charge is -2.10. The Hall–Kier alpha value is -2.63. The normalized spacial score (nSPS) is 10.2. The molecule has 1 aromatic carbocycles. The molecule has 0 saturated carbocycles. The second kappa shape index (κ2) is 6.69. The molecule has 1 heterocycles. The molecule has 0 atom stereocenters. The average molecular weight is 286 g/mol. The zero-order valence-corrected chi connectivity index (χ0v) is 12.1. The predicted molar refractivity (Wildman–Crippen MR) is 82.3 cm³/mol. The fourth-order valence-corrected chi connectivity index (χ4v) is 2.00. The van der Waals surface area contributed by atoms with Gasteiger partial charge in [-0.15, -0.1) is 0 Å². The molecule has 6 nitrogen and oxygen atoms in total. The number of para-hydroxylation sites is 1. The van der Waals surface area contributed by atoms with Gasteiger partial charge in [-0.1, -0.05) is 18.2 Å². The lowest BCUT2D eigenvalue weighted by Crippen LogP contribution is -2.33. The van der Waals surface area contributed by atoms with Crippen LogP contribution in [0.4, 0.5) is 5.82 Å². The Kier molecular flexibility index (Phi) is 4.71. The van der Waals surface area contributed by atoms with Crippen molar-refractivity contribution in [2.45, 2.75) is 6.92 Å². The number of benzene rings is 1. The van der Waals surface area contributed by atoms with Crippen LogP contribution in [0.2, 0.25) is 0 Å². The molecule has 2 aromatic rings. The molecule has 0 bridgehead atoms. The van der Waals surface area contributed by atoms with Crippen molar-refractivity contribution in [3.8, 4) is 0 Å². The Morgan fingerprint density at radius 1 is 1.14 bits per heavy atom. The fourth-order valence-electron chi connectivity index (χ4n) is 2.00. The highest BCUT2D eigenvalue weighted by molar-refractivity contribution is 6.06. The summed E-state index contributed by atoms with van der Waals surface area (Å²) in [6, 6.07) is 9.20. The summed E-state index contributed by atoms with van der Waals surface area (Å²) in [7, 11) is 1.76. The lowest BCUT2D eigenvalue weighted by molar-refractivity contribution is -0.118. The van der Waals surface area contributed by atoms with Crippen LogP contribution in [0.5, 0.6) is 0 Å². The van der Waals surface area contributed by atoms with E-state index in [0.29, 0.717) is 24.5 Å². The molecule has 0 radical (unpaired) electrons. The second-order valence-corrected chi connectivity index (χ2v) is 4.56. The summed E-state index contributed by atoms with van der Waals surface area (Å²) in [5, 5.41) is 9.17. The summed E-state index contributed by atoms with van der Waals surface area (Å²) in [6.07, 6.45) is 0. The van der Waals surface area contributed by atoms with Gasteiger partial charge in [-0.25, -0.2) is 4.98 Å². The SMILES string of the molecule is CNc1cc(C(=O)NCCNC(C)=O)c2ccccc2n1. The van der Waals surface area contributed by atoms with Crippen molar-refractivity contribution >= 4 is 28.5 Å². The number of aromatic nitrogens is 1. The van der Waals surface area contributed by atoms with E-state index in [1.54, 1.807) is 13.1 Å². The number of nitrogens with zero attached hydrogens (tertiary/aromatic N) is 1. The van der Waals surface area contributed by atoms with Crippen LogP contribution in [-0.4, -0.2) is 36.9 Å². The van der Waals surface area contributed by atoms with Crippen LogP contribution in [0.1, 0.15) is 17.3 Å². The Balaban J connectivity index is 2.19. The maximum atomic E-state index is 12.3. The maximum absolute atomic E-state index is 12.3. The molecule has 2 rings (SSSR count). The minimum atomic E-state index is -0.185. The predicted octanol–water partition coefficient (Wildman–Crippen LogP) is 1.14. The van der Waals surface area contributed by atoms with Crippen molar-refractivity contribution in [2.24, 2.45) is 0 Å². The minimum absolute atomic E-state index is 0.115. The summed E-state index contributed by atoms with van der Waals surface area (Å²) in [5.74, 6) is 0.340. The molecule has 2 amide bonds. The molecular weight excluding hydrogens is 268 g/mol. The first-order chi connectivity index (χ1) is 10.1. The average Bonchev–Trinajstić information content (AvgIpc) is 2.50. The zero-order chi connectivity index (χ0) is 15.2. The number of amides is 2. The van der Waals surface area contributed by atoms with Gasteiger partial charge in [0.05, 0.1) is 11.1 Å². The van der Waals surface area contributed by atoms with Gasteiger partial charge in [-0.3, -0.25) is 9.59 Å². The number of anilines is 1. The van der Waals surface area contributed by atoms with Crippen LogP contribution in [0.25, 0.3) is 10.9 Å². The van der Waals surface area contributed by atoms with E-state index in [9.17, 15) is 9.59 Å². The van der Waals surface area contributed by atoms with Gasteiger partial charge in [0.2, 0.25) is 5.91 Å². The van der Waals surface area contributed by atoms with E-state index in [0.717, 1.165) is 10.9 Å². The Morgan fingerprint density at radius 2 is 1.86 bits per heavy atom. The number of fused-ring (bicyclic) bond motifs is 1. The van der Waals surface area contributed by atoms with Crippen LogP contribution in [0, 0.1) is 0 Å². The summed E-state index contributed by atoms with van der Waals surface area (Å²) in [4.78, 5) is 27.5. The molecule has 3 N–H and O–H groups in total. The number of rotatable bonds is 5.